The summed E-state index contributed by atoms with van der Waals surface area (Å²) in [5.41, 5.74) is 3.87. The van der Waals surface area contributed by atoms with Gasteiger partial charge in [-0.1, -0.05) is 29.8 Å². The number of nitrogens with zero attached hydrogens (tertiary/aromatic N) is 2. The van der Waals surface area contributed by atoms with Crippen LogP contribution in [0.4, 0.5) is 0 Å². The van der Waals surface area contributed by atoms with E-state index in [-0.39, 0.29) is 4.90 Å². The smallest absolute Gasteiger partial charge is 0.303 e. The zero-order chi connectivity index (χ0) is 18.7. The summed E-state index contributed by atoms with van der Waals surface area (Å²) in [6.45, 7) is 3.19. The van der Waals surface area contributed by atoms with E-state index in [0.29, 0.717) is 0 Å². The number of aryl methyl sites for hydroxylation is 1. The molecular weight excluding hydrogens is 352 g/mol. The third kappa shape index (κ3) is 3.83. The highest BCUT2D eigenvalue weighted by Gasteiger charge is 2.16. The molecule has 0 unspecified atom stereocenters. The second-order valence-electron chi connectivity index (χ2n) is 5.88. The van der Waals surface area contributed by atoms with Crippen molar-refractivity contribution in [1.29, 1.82) is 0 Å². The molecule has 0 saturated heterocycles. The molecule has 0 aliphatic rings. The number of benzene rings is 2. The summed E-state index contributed by atoms with van der Waals surface area (Å²) < 4.78 is 30.8. The molecule has 0 amide bonds. The zero-order valence-electron chi connectivity index (χ0n) is 14.4. The molecule has 0 fully saturated rings. The van der Waals surface area contributed by atoms with Crippen LogP contribution >= 0.6 is 0 Å². The van der Waals surface area contributed by atoms with E-state index >= 15 is 0 Å². The molecule has 0 N–H and O–H groups in total. The molecule has 2 aromatic carbocycles. The van der Waals surface area contributed by atoms with Crippen LogP contribution in [-0.4, -0.2) is 29.9 Å². The Morgan fingerprint density at radius 2 is 1.73 bits per heavy atom. The van der Waals surface area contributed by atoms with Crippen molar-refractivity contribution in [2.24, 2.45) is 0 Å². The van der Waals surface area contributed by atoms with Gasteiger partial charge in [0.05, 0.1) is 23.1 Å². The minimum Gasteiger partial charge on any atom is -0.449 e. The summed E-state index contributed by atoms with van der Waals surface area (Å²) in [5, 5.41) is 0. The third-order valence-corrected chi connectivity index (χ3v) is 5.30. The van der Waals surface area contributed by atoms with Gasteiger partial charge < -0.3 is 4.74 Å². The van der Waals surface area contributed by atoms with E-state index in [1.165, 1.54) is 24.6 Å². The van der Waals surface area contributed by atoms with Gasteiger partial charge in [0, 0.05) is 18.2 Å². The number of sulfone groups is 1. The van der Waals surface area contributed by atoms with E-state index in [2.05, 4.69) is 9.72 Å². The van der Waals surface area contributed by atoms with Gasteiger partial charge in [0.25, 0.3) is 0 Å². The van der Waals surface area contributed by atoms with Crippen molar-refractivity contribution in [2.75, 3.05) is 5.94 Å². The van der Waals surface area contributed by atoms with E-state index in [4.69, 9.17) is 0 Å². The van der Waals surface area contributed by atoms with Crippen molar-refractivity contribution in [3.63, 3.8) is 0 Å². The topological polar surface area (TPSA) is 78.3 Å². The maximum Gasteiger partial charge on any atom is 0.303 e. The number of carbonyl (C=O) groups excluding carboxylic acids is 1. The summed E-state index contributed by atoms with van der Waals surface area (Å²) in [4.78, 5) is 15.1. The van der Waals surface area contributed by atoms with Crippen molar-refractivity contribution in [1.82, 2.24) is 9.55 Å². The molecule has 1 heterocycles. The first-order chi connectivity index (χ1) is 12.4. The standard InChI is InChI=1S/C19H18N2O4S/c1-14-3-5-16(6-4-14)19-11-20-12-21(19)17-7-9-18(10-8-17)26(23,24)13-25-15(2)22/h3-12H,13H2,1-2H3. The quantitative estimate of drug-likeness (QED) is 0.645. The van der Waals surface area contributed by atoms with Gasteiger partial charge in [0.1, 0.15) is 0 Å². The molecule has 0 aliphatic heterocycles. The molecule has 1 aromatic heterocycles. The lowest BCUT2D eigenvalue weighted by Gasteiger charge is -2.10. The van der Waals surface area contributed by atoms with E-state index in [1.54, 1.807) is 24.7 Å². The molecule has 134 valence electrons. The summed E-state index contributed by atoms with van der Waals surface area (Å²) >= 11 is 0. The van der Waals surface area contributed by atoms with Gasteiger partial charge in [-0.3, -0.25) is 9.36 Å². The fourth-order valence-corrected chi connectivity index (χ4v) is 3.49. The molecule has 3 rings (SSSR count). The minimum absolute atomic E-state index is 0.0968. The molecule has 0 spiro atoms. The molecule has 0 aliphatic carbocycles. The molecule has 0 radical (unpaired) electrons. The molecule has 0 atom stereocenters. The Morgan fingerprint density at radius 3 is 2.35 bits per heavy atom. The fourth-order valence-electron chi connectivity index (χ4n) is 2.48. The SMILES string of the molecule is CC(=O)OCS(=O)(=O)c1ccc(-n2cncc2-c2ccc(C)cc2)cc1. The van der Waals surface area contributed by atoms with Crippen molar-refractivity contribution < 1.29 is 17.9 Å². The van der Waals surface area contributed by atoms with Gasteiger partial charge in [-0.05, 0) is 31.2 Å². The Hall–Kier alpha value is -2.93. The average Bonchev–Trinajstić information content (AvgIpc) is 3.10. The number of rotatable bonds is 5. The third-order valence-electron chi connectivity index (χ3n) is 3.88. The van der Waals surface area contributed by atoms with Crippen molar-refractivity contribution >= 4 is 15.8 Å². The molecule has 6 nitrogen and oxygen atoms in total. The number of hydrogen-bond donors (Lipinski definition) is 0. The monoisotopic (exact) mass is 370 g/mol. The maximum atomic E-state index is 12.2. The summed E-state index contributed by atoms with van der Waals surface area (Å²) in [7, 11) is -3.68. The molecule has 0 saturated carbocycles. The average molecular weight is 370 g/mol. The second kappa shape index (κ2) is 7.13. The van der Waals surface area contributed by atoms with Crippen LogP contribution in [0.3, 0.4) is 0 Å². The first-order valence-corrected chi connectivity index (χ1v) is 9.58. The first kappa shape index (κ1) is 17.9. The number of imidazole rings is 1. The van der Waals surface area contributed by atoms with E-state index in [1.807, 2.05) is 35.8 Å². The summed E-state index contributed by atoms with van der Waals surface area (Å²) in [5.74, 6) is -1.30. The van der Waals surface area contributed by atoms with Crippen LogP contribution in [0.15, 0.2) is 66.0 Å². The van der Waals surface area contributed by atoms with Crippen LogP contribution in [0.1, 0.15) is 12.5 Å². The summed E-state index contributed by atoms with van der Waals surface area (Å²) in [6, 6.07) is 14.5. The fraction of sp³-hybridized carbons (Fsp3) is 0.158. The molecule has 7 heteroatoms. The van der Waals surface area contributed by atoms with E-state index in [0.717, 1.165) is 16.9 Å². The van der Waals surface area contributed by atoms with Crippen LogP contribution < -0.4 is 0 Å². The van der Waals surface area contributed by atoms with E-state index < -0.39 is 21.7 Å². The van der Waals surface area contributed by atoms with Crippen LogP contribution in [0.2, 0.25) is 0 Å². The van der Waals surface area contributed by atoms with E-state index in [9.17, 15) is 13.2 Å². The number of hydrogen-bond acceptors (Lipinski definition) is 5. The lowest BCUT2D eigenvalue weighted by Crippen LogP contribution is -2.12. The normalized spacial score (nSPS) is 11.3. The first-order valence-electron chi connectivity index (χ1n) is 7.93. The van der Waals surface area contributed by atoms with Crippen LogP contribution in [-0.2, 0) is 19.4 Å². The van der Waals surface area contributed by atoms with Crippen LogP contribution in [0.5, 0.6) is 0 Å². The number of ether oxygens (including phenoxy) is 1. The number of aromatic nitrogens is 2. The predicted molar refractivity (Wildman–Crippen MR) is 97.6 cm³/mol. The van der Waals surface area contributed by atoms with Crippen molar-refractivity contribution in [3.05, 3.63) is 66.6 Å². The van der Waals surface area contributed by atoms with Crippen molar-refractivity contribution in [2.45, 2.75) is 18.7 Å². The van der Waals surface area contributed by atoms with Gasteiger partial charge in [-0.25, -0.2) is 13.4 Å². The minimum atomic E-state index is -3.68. The molecular formula is C19H18N2O4S. The zero-order valence-corrected chi connectivity index (χ0v) is 15.2. The Bertz CT molecular complexity index is 1020. The Morgan fingerprint density at radius 1 is 1.08 bits per heavy atom. The number of carbonyl (C=O) groups is 1. The second-order valence-corrected chi connectivity index (χ2v) is 7.81. The maximum absolute atomic E-state index is 12.2. The van der Waals surface area contributed by atoms with Crippen LogP contribution in [0, 0.1) is 6.92 Å². The van der Waals surface area contributed by atoms with Gasteiger partial charge in [0.2, 0.25) is 9.84 Å². The van der Waals surface area contributed by atoms with Gasteiger partial charge in [-0.2, -0.15) is 0 Å². The molecule has 0 bridgehead atoms. The lowest BCUT2D eigenvalue weighted by molar-refractivity contribution is -0.138. The Labute approximate surface area is 152 Å². The number of esters is 1. The predicted octanol–water partition coefficient (Wildman–Crippen LogP) is 3.14. The highest BCUT2D eigenvalue weighted by molar-refractivity contribution is 7.91. The largest absolute Gasteiger partial charge is 0.449 e. The van der Waals surface area contributed by atoms with Gasteiger partial charge >= 0.3 is 5.97 Å². The van der Waals surface area contributed by atoms with Gasteiger partial charge in [0.15, 0.2) is 5.94 Å². The van der Waals surface area contributed by atoms with Crippen molar-refractivity contribution in [3.8, 4) is 16.9 Å². The highest BCUT2D eigenvalue weighted by Crippen LogP contribution is 2.24. The van der Waals surface area contributed by atoms with Gasteiger partial charge in [-0.15, -0.1) is 0 Å². The highest BCUT2D eigenvalue weighted by atomic mass is 32.2. The lowest BCUT2D eigenvalue weighted by atomic mass is 10.1. The Balaban J connectivity index is 1.90. The van der Waals surface area contributed by atoms with Crippen LogP contribution in [0.25, 0.3) is 16.9 Å². The summed E-state index contributed by atoms with van der Waals surface area (Å²) in [6.07, 6.45) is 3.44. The molecule has 26 heavy (non-hydrogen) atoms. The molecule has 3 aromatic rings. The Kier molecular flexibility index (Phi) is 4.90.